The number of hydrogen-bond acceptors (Lipinski definition) is 5. The molecule has 1 unspecified atom stereocenters. The molecule has 0 aliphatic rings. The van der Waals surface area contributed by atoms with Crippen molar-refractivity contribution >= 4 is 28.7 Å². The number of fused-ring (bicyclic) bond motifs is 1. The second kappa shape index (κ2) is 9.22. The number of carbonyl (C=O) groups excluding carboxylic acids is 1. The largest absolute Gasteiger partial charge is 0.464 e. The van der Waals surface area contributed by atoms with E-state index in [0.29, 0.717) is 28.6 Å². The molecule has 0 fully saturated rings. The SMILES string of the molecule is CCN(CC)CCOC(=O)C(C)c1ccc2oc(-c3ccc(Cl)cc3)nc2c1. The Balaban J connectivity index is 1.70. The molecule has 0 saturated heterocycles. The van der Waals surface area contributed by atoms with Crippen LogP contribution < -0.4 is 0 Å². The summed E-state index contributed by atoms with van der Waals surface area (Å²) < 4.78 is 11.3. The molecule has 0 N–H and O–H groups in total. The molecule has 3 rings (SSSR count). The number of oxazole rings is 1. The molecule has 5 nitrogen and oxygen atoms in total. The summed E-state index contributed by atoms with van der Waals surface area (Å²) in [6.07, 6.45) is 0. The molecule has 0 aliphatic carbocycles. The first kappa shape index (κ1) is 20.4. The summed E-state index contributed by atoms with van der Waals surface area (Å²) in [5.41, 5.74) is 3.10. The van der Waals surface area contributed by atoms with Gasteiger partial charge in [0.2, 0.25) is 5.89 Å². The normalized spacial score (nSPS) is 12.5. The summed E-state index contributed by atoms with van der Waals surface area (Å²) in [4.78, 5) is 19.2. The van der Waals surface area contributed by atoms with Crippen molar-refractivity contribution in [2.24, 2.45) is 0 Å². The Morgan fingerprint density at radius 3 is 2.57 bits per heavy atom. The Hall–Kier alpha value is -2.37. The number of hydrogen-bond donors (Lipinski definition) is 0. The van der Waals surface area contributed by atoms with Gasteiger partial charge >= 0.3 is 5.97 Å². The van der Waals surface area contributed by atoms with Crippen LogP contribution in [0.1, 0.15) is 32.3 Å². The maximum Gasteiger partial charge on any atom is 0.313 e. The lowest BCUT2D eigenvalue weighted by molar-refractivity contribution is -0.145. The average molecular weight is 401 g/mol. The van der Waals surface area contributed by atoms with Gasteiger partial charge in [0.05, 0.1) is 5.92 Å². The first-order valence-corrected chi connectivity index (χ1v) is 9.95. The predicted molar refractivity (Wildman–Crippen MR) is 112 cm³/mol. The fraction of sp³-hybridized carbons (Fsp3) is 0.364. The first-order chi connectivity index (χ1) is 13.5. The van der Waals surface area contributed by atoms with Crippen LogP contribution in [0.4, 0.5) is 0 Å². The van der Waals surface area contributed by atoms with Gasteiger partial charge in [-0.05, 0) is 62.0 Å². The zero-order valence-corrected chi connectivity index (χ0v) is 17.2. The number of esters is 1. The van der Waals surface area contributed by atoms with Gasteiger partial charge in [0, 0.05) is 17.1 Å². The summed E-state index contributed by atoms with van der Waals surface area (Å²) in [5, 5.41) is 0.662. The van der Waals surface area contributed by atoms with Crippen LogP contribution >= 0.6 is 11.6 Å². The van der Waals surface area contributed by atoms with E-state index in [4.69, 9.17) is 20.8 Å². The first-order valence-electron chi connectivity index (χ1n) is 9.57. The highest BCUT2D eigenvalue weighted by Crippen LogP contribution is 2.28. The van der Waals surface area contributed by atoms with Crippen molar-refractivity contribution in [3.8, 4) is 11.5 Å². The van der Waals surface area contributed by atoms with E-state index >= 15 is 0 Å². The van der Waals surface area contributed by atoms with Crippen LogP contribution in [-0.4, -0.2) is 42.1 Å². The highest BCUT2D eigenvalue weighted by Gasteiger charge is 2.19. The third kappa shape index (κ3) is 4.72. The lowest BCUT2D eigenvalue weighted by Crippen LogP contribution is -2.28. The van der Waals surface area contributed by atoms with Crippen molar-refractivity contribution in [2.75, 3.05) is 26.2 Å². The van der Waals surface area contributed by atoms with Crippen molar-refractivity contribution in [2.45, 2.75) is 26.7 Å². The molecule has 28 heavy (non-hydrogen) atoms. The summed E-state index contributed by atoms with van der Waals surface area (Å²) in [7, 11) is 0. The lowest BCUT2D eigenvalue weighted by atomic mass is 10.0. The molecule has 0 spiro atoms. The van der Waals surface area contributed by atoms with E-state index in [1.807, 2.05) is 37.3 Å². The molecular formula is C22H25ClN2O3. The summed E-state index contributed by atoms with van der Waals surface area (Å²) >= 11 is 5.94. The van der Waals surface area contributed by atoms with Crippen LogP contribution in [0.15, 0.2) is 46.9 Å². The van der Waals surface area contributed by atoms with Crippen LogP contribution in [0.3, 0.4) is 0 Å². The molecular weight excluding hydrogens is 376 g/mol. The molecule has 1 heterocycles. The Kier molecular flexibility index (Phi) is 6.70. The van der Waals surface area contributed by atoms with Gasteiger partial charge in [-0.25, -0.2) is 4.98 Å². The van der Waals surface area contributed by atoms with E-state index in [2.05, 4.69) is 23.7 Å². The number of carbonyl (C=O) groups is 1. The monoisotopic (exact) mass is 400 g/mol. The Morgan fingerprint density at radius 1 is 1.18 bits per heavy atom. The minimum Gasteiger partial charge on any atom is -0.464 e. The Labute approximate surface area is 170 Å². The van der Waals surface area contributed by atoms with Crippen molar-refractivity contribution in [1.82, 2.24) is 9.88 Å². The van der Waals surface area contributed by atoms with Gasteiger partial charge < -0.3 is 14.1 Å². The third-order valence-electron chi connectivity index (χ3n) is 4.90. The Morgan fingerprint density at radius 2 is 1.89 bits per heavy atom. The van der Waals surface area contributed by atoms with Crippen LogP contribution in [0.5, 0.6) is 0 Å². The fourth-order valence-corrected chi connectivity index (χ4v) is 3.13. The van der Waals surface area contributed by atoms with E-state index in [0.717, 1.165) is 30.8 Å². The predicted octanol–water partition coefficient (Wildman–Crippen LogP) is 5.14. The maximum atomic E-state index is 12.4. The molecule has 0 saturated carbocycles. The number of ether oxygens (including phenoxy) is 1. The highest BCUT2D eigenvalue weighted by molar-refractivity contribution is 6.30. The van der Waals surface area contributed by atoms with Crippen molar-refractivity contribution in [3.63, 3.8) is 0 Å². The number of aromatic nitrogens is 1. The summed E-state index contributed by atoms with van der Waals surface area (Å²) in [6, 6.07) is 12.9. The van der Waals surface area contributed by atoms with E-state index < -0.39 is 0 Å². The van der Waals surface area contributed by atoms with E-state index in [-0.39, 0.29) is 11.9 Å². The fourth-order valence-electron chi connectivity index (χ4n) is 3.01. The minimum absolute atomic E-state index is 0.229. The van der Waals surface area contributed by atoms with E-state index in [1.165, 1.54) is 0 Å². The molecule has 2 aromatic carbocycles. The van der Waals surface area contributed by atoms with Crippen LogP contribution in [0, 0.1) is 0 Å². The van der Waals surface area contributed by atoms with Crippen LogP contribution in [0.2, 0.25) is 5.02 Å². The number of likely N-dealkylation sites (N-methyl/N-ethyl adjacent to an activating group) is 1. The van der Waals surface area contributed by atoms with Gasteiger partial charge in [0.1, 0.15) is 12.1 Å². The molecule has 0 amide bonds. The van der Waals surface area contributed by atoms with Crippen molar-refractivity contribution < 1.29 is 13.9 Å². The molecule has 1 atom stereocenters. The molecule has 6 heteroatoms. The van der Waals surface area contributed by atoms with Gasteiger partial charge in [0.25, 0.3) is 0 Å². The maximum absolute atomic E-state index is 12.4. The zero-order valence-electron chi connectivity index (χ0n) is 16.4. The number of benzene rings is 2. The topological polar surface area (TPSA) is 55.6 Å². The van der Waals surface area contributed by atoms with Crippen LogP contribution in [-0.2, 0) is 9.53 Å². The molecule has 3 aromatic rings. The van der Waals surface area contributed by atoms with Gasteiger partial charge in [-0.15, -0.1) is 0 Å². The molecule has 0 bridgehead atoms. The van der Waals surface area contributed by atoms with E-state index in [9.17, 15) is 4.79 Å². The van der Waals surface area contributed by atoms with Gasteiger partial charge in [0.15, 0.2) is 5.58 Å². The molecule has 0 aliphatic heterocycles. The van der Waals surface area contributed by atoms with Crippen molar-refractivity contribution in [1.29, 1.82) is 0 Å². The number of rotatable bonds is 8. The minimum atomic E-state index is -0.364. The zero-order chi connectivity index (χ0) is 20.1. The summed E-state index contributed by atoms with van der Waals surface area (Å²) in [5.74, 6) is -0.0667. The van der Waals surface area contributed by atoms with E-state index in [1.54, 1.807) is 12.1 Å². The van der Waals surface area contributed by atoms with Crippen molar-refractivity contribution in [3.05, 3.63) is 53.1 Å². The lowest BCUT2D eigenvalue weighted by Gasteiger charge is -2.18. The van der Waals surface area contributed by atoms with Gasteiger partial charge in [-0.3, -0.25) is 4.79 Å². The van der Waals surface area contributed by atoms with Crippen LogP contribution in [0.25, 0.3) is 22.6 Å². The third-order valence-corrected chi connectivity index (χ3v) is 5.15. The average Bonchev–Trinajstić information content (AvgIpc) is 3.14. The molecule has 1 aromatic heterocycles. The summed E-state index contributed by atoms with van der Waals surface area (Å²) in [6.45, 7) is 9.08. The molecule has 148 valence electrons. The standard InChI is InChI=1S/C22H25ClN2O3/c1-4-25(5-2)12-13-27-22(26)15(3)17-8-11-20-19(14-17)24-21(28-20)16-6-9-18(23)10-7-16/h6-11,14-15H,4-5,12-13H2,1-3H3. The quantitative estimate of drug-likeness (QED) is 0.490. The smallest absolute Gasteiger partial charge is 0.313 e. The number of halogens is 1. The second-order valence-electron chi connectivity index (χ2n) is 6.67. The molecule has 0 radical (unpaired) electrons. The highest BCUT2D eigenvalue weighted by atomic mass is 35.5. The van der Waals surface area contributed by atoms with Gasteiger partial charge in [-0.1, -0.05) is 31.5 Å². The van der Waals surface area contributed by atoms with Gasteiger partial charge in [-0.2, -0.15) is 0 Å². The number of nitrogens with zero attached hydrogens (tertiary/aromatic N) is 2. The second-order valence-corrected chi connectivity index (χ2v) is 7.11. The Bertz CT molecular complexity index is 933.